The van der Waals surface area contributed by atoms with Crippen LogP contribution in [0.5, 0.6) is 0 Å². The fourth-order valence-electron chi connectivity index (χ4n) is 3.83. The third-order valence-corrected chi connectivity index (χ3v) is 5.30. The quantitative estimate of drug-likeness (QED) is 0.814. The number of amides is 2. The number of carbonyl (C=O) groups is 2. The van der Waals surface area contributed by atoms with Crippen molar-refractivity contribution in [3.05, 3.63) is 24.5 Å². The van der Waals surface area contributed by atoms with Crippen LogP contribution in [-0.2, 0) is 9.59 Å². The summed E-state index contributed by atoms with van der Waals surface area (Å²) in [6.07, 6.45) is 6.63. The Balaban J connectivity index is 1.75. The summed E-state index contributed by atoms with van der Waals surface area (Å²) in [6, 6.07) is 4.22. The Morgan fingerprint density at radius 3 is 2.64 bits per heavy atom. The predicted molar refractivity (Wildman–Crippen MR) is 108 cm³/mol. The van der Waals surface area contributed by atoms with Crippen LogP contribution in [0, 0.1) is 5.92 Å². The monoisotopic (exact) mass is 381 g/mol. The van der Waals surface area contributed by atoms with Gasteiger partial charge in [0.1, 0.15) is 0 Å². The van der Waals surface area contributed by atoms with E-state index in [0.717, 1.165) is 11.3 Å². The lowest BCUT2D eigenvalue weighted by Gasteiger charge is -2.40. The fraction of sp³-hybridized carbons (Fsp3) is 0.524. The number of hydrogen-bond acceptors (Lipinski definition) is 4. The van der Waals surface area contributed by atoms with Gasteiger partial charge in [-0.2, -0.15) is 5.10 Å². The summed E-state index contributed by atoms with van der Waals surface area (Å²) in [5.74, 6) is 0.832. The maximum atomic E-state index is 12.9. The Hall–Kier alpha value is -2.70. The van der Waals surface area contributed by atoms with Crippen LogP contribution >= 0.6 is 0 Å². The molecule has 148 valence electrons. The molecule has 1 aliphatic heterocycles. The van der Waals surface area contributed by atoms with Crippen LogP contribution in [0.15, 0.2) is 24.5 Å². The van der Waals surface area contributed by atoms with Crippen LogP contribution in [0.4, 0.5) is 11.5 Å². The zero-order chi connectivity index (χ0) is 20.0. The van der Waals surface area contributed by atoms with Crippen molar-refractivity contribution in [2.75, 3.05) is 16.3 Å². The molecule has 0 saturated heterocycles. The third kappa shape index (κ3) is 3.41. The molecule has 0 aromatic carbocycles. The van der Waals surface area contributed by atoms with E-state index in [4.69, 9.17) is 4.98 Å². The van der Waals surface area contributed by atoms with Gasteiger partial charge in [-0.05, 0) is 37.8 Å². The van der Waals surface area contributed by atoms with Gasteiger partial charge in [0.15, 0.2) is 5.82 Å². The summed E-state index contributed by atoms with van der Waals surface area (Å²) < 4.78 is 1.99. The second kappa shape index (κ2) is 7.04. The van der Waals surface area contributed by atoms with Crippen LogP contribution in [0.1, 0.15) is 53.0 Å². The second-order valence-electron chi connectivity index (χ2n) is 8.32. The van der Waals surface area contributed by atoms with E-state index in [-0.39, 0.29) is 23.8 Å². The fourth-order valence-corrected chi connectivity index (χ4v) is 3.83. The van der Waals surface area contributed by atoms with Gasteiger partial charge in [-0.25, -0.2) is 4.98 Å². The SMILES string of the molecule is CC(=O)N1c2ccc(-c3cnn(C4CC4)c3)nc2N(C(=O)CC(C)C)C[C@@H]1C. The zero-order valence-corrected chi connectivity index (χ0v) is 16.9. The van der Waals surface area contributed by atoms with Gasteiger partial charge in [0.25, 0.3) is 0 Å². The number of hydrogen-bond donors (Lipinski definition) is 0. The van der Waals surface area contributed by atoms with Crippen molar-refractivity contribution in [3.8, 4) is 11.3 Å². The van der Waals surface area contributed by atoms with Gasteiger partial charge in [-0.1, -0.05) is 13.8 Å². The molecule has 3 heterocycles. The van der Waals surface area contributed by atoms with Crippen molar-refractivity contribution in [1.82, 2.24) is 14.8 Å². The first-order valence-electron chi connectivity index (χ1n) is 10.0. The average Bonchev–Trinajstić information content (AvgIpc) is 3.36. The lowest BCUT2D eigenvalue weighted by molar-refractivity contribution is -0.120. The van der Waals surface area contributed by atoms with E-state index in [0.29, 0.717) is 30.5 Å². The molecule has 1 atom stereocenters. The molecule has 28 heavy (non-hydrogen) atoms. The van der Waals surface area contributed by atoms with Crippen molar-refractivity contribution in [2.24, 2.45) is 5.92 Å². The number of fused-ring (bicyclic) bond motifs is 1. The largest absolute Gasteiger partial charge is 0.305 e. The van der Waals surface area contributed by atoms with Crippen molar-refractivity contribution < 1.29 is 9.59 Å². The van der Waals surface area contributed by atoms with Crippen LogP contribution < -0.4 is 9.80 Å². The molecule has 0 N–H and O–H groups in total. The lowest BCUT2D eigenvalue weighted by atomic mass is 10.1. The van der Waals surface area contributed by atoms with E-state index in [2.05, 4.69) is 5.10 Å². The summed E-state index contributed by atoms with van der Waals surface area (Å²) in [6.45, 7) is 8.04. The van der Waals surface area contributed by atoms with Crippen LogP contribution in [0.2, 0.25) is 0 Å². The highest BCUT2D eigenvalue weighted by Gasteiger charge is 2.35. The summed E-state index contributed by atoms with van der Waals surface area (Å²) >= 11 is 0. The van der Waals surface area contributed by atoms with Gasteiger partial charge in [0.05, 0.1) is 29.7 Å². The first-order valence-corrected chi connectivity index (χ1v) is 10.0. The van der Waals surface area contributed by atoms with Gasteiger partial charge >= 0.3 is 0 Å². The molecule has 0 unspecified atom stereocenters. The molecule has 1 fully saturated rings. The minimum Gasteiger partial charge on any atom is -0.305 e. The molecule has 7 nitrogen and oxygen atoms in total. The Bertz CT molecular complexity index is 915. The molecule has 7 heteroatoms. The van der Waals surface area contributed by atoms with Gasteiger partial charge in [-0.15, -0.1) is 0 Å². The highest BCUT2D eigenvalue weighted by atomic mass is 16.2. The number of aromatic nitrogens is 3. The Morgan fingerprint density at radius 2 is 2.00 bits per heavy atom. The highest BCUT2D eigenvalue weighted by molar-refractivity contribution is 6.03. The number of anilines is 2. The van der Waals surface area contributed by atoms with Gasteiger partial charge in [-0.3, -0.25) is 19.2 Å². The molecule has 2 amide bonds. The topological polar surface area (TPSA) is 71.3 Å². The Kier molecular flexibility index (Phi) is 4.69. The number of rotatable bonds is 4. The van der Waals surface area contributed by atoms with Gasteiger partial charge in [0.2, 0.25) is 11.8 Å². The Labute approximate surface area is 165 Å². The smallest absolute Gasteiger partial charge is 0.228 e. The van der Waals surface area contributed by atoms with E-state index in [1.807, 2.05) is 50.0 Å². The maximum Gasteiger partial charge on any atom is 0.228 e. The summed E-state index contributed by atoms with van der Waals surface area (Å²) in [7, 11) is 0. The molecule has 1 saturated carbocycles. The van der Waals surface area contributed by atoms with Gasteiger partial charge in [0, 0.05) is 31.6 Å². The normalized spacial score (nSPS) is 19.1. The maximum absolute atomic E-state index is 12.9. The third-order valence-electron chi connectivity index (χ3n) is 5.30. The minimum absolute atomic E-state index is 0.0409. The zero-order valence-electron chi connectivity index (χ0n) is 16.9. The average molecular weight is 381 g/mol. The number of carbonyl (C=O) groups excluding carboxylic acids is 2. The van der Waals surface area contributed by atoms with E-state index in [1.54, 1.807) is 16.7 Å². The molecular formula is C21H27N5O2. The highest BCUT2D eigenvalue weighted by Crippen LogP contribution is 2.38. The van der Waals surface area contributed by atoms with Crippen molar-refractivity contribution >= 4 is 23.3 Å². The van der Waals surface area contributed by atoms with Crippen molar-refractivity contribution in [3.63, 3.8) is 0 Å². The number of nitrogens with zero attached hydrogens (tertiary/aromatic N) is 5. The van der Waals surface area contributed by atoms with E-state index in [1.165, 1.54) is 12.8 Å². The molecule has 2 aliphatic rings. The first-order chi connectivity index (χ1) is 13.3. The number of pyridine rings is 1. The predicted octanol–water partition coefficient (Wildman–Crippen LogP) is 3.41. The summed E-state index contributed by atoms with van der Waals surface area (Å²) in [4.78, 5) is 33.4. The standard InChI is InChI=1S/C21H27N5O2/c1-13(2)9-20(28)24-11-14(3)26(15(4)27)19-8-7-18(23-21(19)24)16-10-22-25(12-16)17-5-6-17/h7-8,10,12-14,17H,5-6,9,11H2,1-4H3/t14-/m0/s1. The molecule has 2 aromatic heterocycles. The first kappa shape index (κ1) is 18.7. The van der Waals surface area contributed by atoms with Crippen molar-refractivity contribution in [1.29, 1.82) is 0 Å². The molecule has 1 aliphatic carbocycles. The summed E-state index contributed by atoms with van der Waals surface area (Å²) in [5.41, 5.74) is 2.40. The van der Waals surface area contributed by atoms with E-state index < -0.39 is 0 Å². The molecule has 2 aromatic rings. The Morgan fingerprint density at radius 1 is 1.25 bits per heavy atom. The van der Waals surface area contributed by atoms with E-state index in [9.17, 15) is 9.59 Å². The van der Waals surface area contributed by atoms with Crippen molar-refractivity contribution in [2.45, 2.75) is 59.0 Å². The van der Waals surface area contributed by atoms with Crippen LogP contribution in [-0.4, -0.2) is 39.2 Å². The minimum atomic E-state index is -0.0913. The second-order valence-corrected chi connectivity index (χ2v) is 8.32. The molecule has 0 radical (unpaired) electrons. The molecular weight excluding hydrogens is 354 g/mol. The molecule has 0 bridgehead atoms. The van der Waals surface area contributed by atoms with Crippen LogP contribution in [0.3, 0.4) is 0 Å². The van der Waals surface area contributed by atoms with Crippen LogP contribution in [0.25, 0.3) is 11.3 Å². The molecule has 4 rings (SSSR count). The van der Waals surface area contributed by atoms with E-state index >= 15 is 0 Å². The van der Waals surface area contributed by atoms with Gasteiger partial charge < -0.3 is 4.90 Å². The summed E-state index contributed by atoms with van der Waals surface area (Å²) in [5, 5.41) is 4.45. The molecule has 0 spiro atoms. The lowest BCUT2D eigenvalue weighted by Crippen LogP contribution is -2.52.